The standard InChI is InChI=1S/C32H48O2/c1-7-12-15-25-17-24(14-9-3)18-28-29-20-27(23(6)10-4)19-26(16-13-8-2)31(29)22-34-32(11-5)33-21-30(25)28/h17-20,23,32H,7-16,21-22H2,1-6H3. The van der Waals surface area contributed by atoms with Gasteiger partial charge in [0.05, 0.1) is 13.2 Å². The van der Waals surface area contributed by atoms with Gasteiger partial charge < -0.3 is 9.47 Å². The van der Waals surface area contributed by atoms with E-state index in [0.717, 1.165) is 32.1 Å². The van der Waals surface area contributed by atoms with Gasteiger partial charge in [0.1, 0.15) is 0 Å². The van der Waals surface area contributed by atoms with E-state index in [0.29, 0.717) is 19.1 Å². The predicted molar refractivity (Wildman–Crippen MR) is 145 cm³/mol. The first-order valence-corrected chi connectivity index (χ1v) is 14.1. The Hall–Kier alpha value is -1.64. The number of fused-ring (bicyclic) bond motifs is 3. The zero-order chi connectivity index (χ0) is 24.5. The molecule has 2 atom stereocenters. The van der Waals surface area contributed by atoms with E-state index in [1.807, 2.05) is 0 Å². The van der Waals surface area contributed by atoms with Gasteiger partial charge in [-0.25, -0.2) is 0 Å². The molecule has 0 bridgehead atoms. The molecular weight excluding hydrogens is 416 g/mol. The lowest BCUT2D eigenvalue weighted by Gasteiger charge is -2.22. The number of rotatable bonds is 11. The molecule has 2 unspecified atom stereocenters. The van der Waals surface area contributed by atoms with Crippen LogP contribution in [0.25, 0.3) is 11.1 Å². The summed E-state index contributed by atoms with van der Waals surface area (Å²) in [7, 11) is 0. The summed E-state index contributed by atoms with van der Waals surface area (Å²) < 4.78 is 12.8. The smallest absolute Gasteiger partial charge is 0.158 e. The van der Waals surface area contributed by atoms with Gasteiger partial charge in [-0.1, -0.05) is 85.1 Å². The number of hydrogen-bond acceptors (Lipinski definition) is 2. The number of unbranched alkanes of at least 4 members (excludes halogenated alkanes) is 2. The van der Waals surface area contributed by atoms with Crippen LogP contribution < -0.4 is 0 Å². The van der Waals surface area contributed by atoms with Crippen LogP contribution in [0.15, 0.2) is 24.3 Å². The summed E-state index contributed by atoms with van der Waals surface area (Å²) in [4.78, 5) is 0. The average molecular weight is 465 g/mol. The fraction of sp³-hybridized carbons (Fsp3) is 0.625. The second kappa shape index (κ2) is 13.4. The van der Waals surface area contributed by atoms with Crippen molar-refractivity contribution >= 4 is 0 Å². The number of hydrogen-bond donors (Lipinski definition) is 0. The molecule has 188 valence electrons. The number of benzene rings is 2. The monoisotopic (exact) mass is 464 g/mol. The van der Waals surface area contributed by atoms with Gasteiger partial charge in [0.25, 0.3) is 0 Å². The van der Waals surface area contributed by atoms with Crippen LogP contribution >= 0.6 is 0 Å². The Labute approximate surface area is 209 Å². The van der Waals surface area contributed by atoms with Crippen molar-refractivity contribution in [1.82, 2.24) is 0 Å². The molecule has 0 aliphatic carbocycles. The SMILES string of the molecule is CCCCc1cc(CCC)cc2c1COC(CC)OCc1c(CCCC)cc(C(C)CC)cc1-2. The van der Waals surface area contributed by atoms with E-state index >= 15 is 0 Å². The molecule has 2 aromatic carbocycles. The van der Waals surface area contributed by atoms with Crippen molar-refractivity contribution in [2.24, 2.45) is 0 Å². The molecule has 2 nitrogen and oxygen atoms in total. The largest absolute Gasteiger partial charge is 0.348 e. The molecule has 0 amide bonds. The number of ether oxygens (including phenoxy) is 2. The highest BCUT2D eigenvalue weighted by Crippen LogP contribution is 2.39. The van der Waals surface area contributed by atoms with Crippen molar-refractivity contribution in [3.05, 3.63) is 57.6 Å². The van der Waals surface area contributed by atoms with E-state index in [2.05, 4.69) is 65.8 Å². The van der Waals surface area contributed by atoms with Crippen LogP contribution in [-0.2, 0) is 41.9 Å². The van der Waals surface area contributed by atoms with Gasteiger partial charge in [0, 0.05) is 0 Å². The molecule has 2 heteroatoms. The summed E-state index contributed by atoms with van der Waals surface area (Å²) in [5, 5.41) is 0. The molecule has 34 heavy (non-hydrogen) atoms. The molecule has 1 aliphatic heterocycles. The Balaban J connectivity index is 2.30. The van der Waals surface area contributed by atoms with Gasteiger partial charge in [0.2, 0.25) is 0 Å². The fourth-order valence-corrected chi connectivity index (χ4v) is 5.15. The van der Waals surface area contributed by atoms with Crippen LogP contribution in [0, 0.1) is 0 Å². The minimum Gasteiger partial charge on any atom is -0.348 e. The van der Waals surface area contributed by atoms with Gasteiger partial charge in [0.15, 0.2) is 6.29 Å². The normalized spacial score (nSPS) is 16.8. The van der Waals surface area contributed by atoms with E-state index < -0.39 is 0 Å². The van der Waals surface area contributed by atoms with Crippen LogP contribution in [0.3, 0.4) is 0 Å². The minimum absolute atomic E-state index is 0.151. The Kier molecular flexibility index (Phi) is 10.7. The molecule has 0 aromatic heterocycles. The van der Waals surface area contributed by atoms with Crippen molar-refractivity contribution in [2.75, 3.05) is 0 Å². The highest BCUT2D eigenvalue weighted by Gasteiger charge is 2.23. The van der Waals surface area contributed by atoms with Crippen molar-refractivity contribution in [2.45, 2.75) is 131 Å². The Bertz CT molecular complexity index is 914. The first kappa shape index (κ1) is 27.0. The predicted octanol–water partition coefficient (Wildman–Crippen LogP) is 9.29. The third kappa shape index (κ3) is 6.52. The van der Waals surface area contributed by atoms with Gasteiger partial charge in [-0.2, -0.15) is 0 Å². The Morgan fingerprint density at radius 2 is 1.32 bits per heavy atom. The van der Waals surface area contributed by atoms with E-state index in [4.69, 9.17) is 9.47 Å². The van der Waals surface area contributed by atoms with E-state index in [1.165, 1.54) is 76.6 Å². The molecule has 0 saturated heterocycles. The van der Waals surface area contributed by atoms with Crippen molar-refractivity contribution in [3.8, 4) is 11.1 Å². The third-order valence-corrected chi connectivity index (χ3v) is 7.54. The van der Waals surface area contributed by atoms with E-state index in [9.17, 15) is 0 Å². The summed E-state index contributed by atoms with van der Waals surface area (Å²) in [5.74, 6) is 0.556. The van der Waals surface area contributed by atoms with Gasteiger partial charge >= 0.3 is 0 Å². The van der Waals surface area contributed by atoms with Crippen LogP contribution in [0.4, 0.5) is 0 Å². The second-order valence-electron chi connectivity index (χ2n) is 10.2. The zero-order valence-corrected chi connectivity index (χ0v) is 22.8. The fourth-order valence-electron chi connectivity index (χ4n) is 5.15. The third-order valence-electron chi connectivity index (χ3n) is 7.54. The second-order valence-corrected chi connectivity index (χ2v) is 10.2. The molecular formula is C32H48O2. The molecule has 1 aliphatic rings. The van der Waals surface area contributed by atoms with Crippen molar-refractivity contribution < 1.29 is 9.47 Å². The van der Waals surface area contributed by atoms with Crippen LogP contribution in [0.2, 0.25) is 0 Å². The van der Waals surface area contributed by atoms with Gasteiger partial charge in [-0.15, -0.1) is 0 Å². The molecule has 0 fully saturated rings. The van der Waals surface area contributed by atoms with Crippen molar-refractivity contribution in [1.29, 1.82) is 0 Å². The van der Waals surface area contributed by atoms with Crippen LogP contribution in [0.1, 0.15) is 126 Å². The maximum Gasteiger partial charge on any atom is 0.158 e. The molecule has 1 heterocycles. The molecule has 0 saturated carbocycles. The topological polar surface area (TPSA) is 18.5 Å². The summed E-state index contributed by atoms with van der Waals surface area (Å²) in [6.45, 7) is 15.0. The number of aryl methyl sites for hydroxylation is 3. The summed E-state index contributed by atoms with van der Waals surface area (Å²) in [6, 6.07) is 9.93. The molecule has 0 N–H and O–H groups in total. The Morgan fingerprint density at radius 3 is 1.85 bits per heavy atom. The lowest BCUT2D eigenvalue weighted by molar-refractivity contribution is -0.157. The molecule has 2 aromatic rings. The summed E-state index contributed by atoms with van der Waals surface area (Å²) in [6.07, 6.45) is 11.3. The Morgan fingerprint density at radius 1 is 0.735 bits per heavy atom. The molecule has 3 rings (SSSR count). The highest BCUT2D eigenvalue weighted by atomic mass is 16.7. The van der Waals surface area contributed by atoms with Gasteiger partial charge in [-0.3, -0.25) is 0 Å². The molecule has 0 spiro atoms. The zero-order valence-electron chi connectivity index (χ0n) is 22.8. The maximum atomic E-state index is 6.39. The maximum absolute atomic E-state index is 6.39. The first-order chi connectivity index (χ1) is 16.6. The lowest BCUT2D eigenvalue weighted by atomic mass is 9.83. The van der Waals surface area contributed by atoms with Crippen LogP contribution in [-0.4, -0.2) is 6.29 Å². The average Bonchev–Trinajstić information content (AvgIpc) is 2.93. The summed E-state index contributed by atoms with van der Waals surface area (Å²) >= 11 is 0. The lowest BCUT2D eigenvalue weighted by Crippen LogP contribution is -2.16. The van der Waals surface area contributed by atoms with E-state index in [1.54, 1.807) is 0 Å². The quantitative estimate of drug-likeness (QED) is 0.330. The van der Waals surface area contributed by atoms with Gasteiger partial charge in [-0.05, 0) is 95.4 Å². The minimum atomic E-state index is -0.151. The highest BCUT2D eigenvalue weighted by molar-refractivity contribution is 5.75. The van der Waals surface area contributed by atoms with Crippen molar-refractivity contribution in [3.63, 3.8) is 0 Å². The summed E-state index contributed by atoms with van der Waals surface area (Å²) in [5.41, 5.74) is 11.5. The van der Waals surface area contributed by atoms with E-state index in [-0.39, 0.29) is 6.29 Å². The van der Waals surface area contributed by atoms with Crippen LogP contribution in [0.5, 0.6) is 0 Å². The molecule has 0 radical (unpaired) electrons. The first-order valence-electron chi connectivity index (χ1n) is 14.1.